The van der Waals surface area contributed by atoms with Crippen LogP contribution in [-0.4, -0.2) is 46.6 Å². The van der Waals surface area contributed by atoms with E-state index in [0.29, 0.717) is 18.8 Å². The highest BCUT2D eigenvalue weighted by atomic mass is 19.1. The van der Waals surface area contributed by atoms with Crippen LogP contribution >= 0.6 is 0 Å². The predicted octanol–water partition coefficient (Wildman–Crippen LogP) is 3.88. The van der Waals surface area contributed by atoms with E-state index >= 15 is 0 Å². The Balaban J connectivity index is 1.29. The van der Waals surface area contributed by atoms with Crippen LogP contribution in [0.2, 0.25) is 0 Å². The van der Waals surface area contributed by atoms with Crippen molar-refractivity contribution in [2.45, 2.75) is 31.7 Å². The van der Waals surface area contributed by atoms with Gasteiger partial charge in [0.1, 0.15) is 0 Å². The van der Waals surface area contributed by atoms with E-state index in [1.54, 1.807) is 28.0 Å². The molecule has 1 saturated heterocycles. The van der Waals surface area contributed by atoms with Crippen molar-refractivity contribution < 1.29 is 18.7 Å². The minimum atomic E-state index is -0.499. The number of amides is 2. The maximum Gasteiger partial charge on any atom is 0.278 e. The molecular formula is C25H25FN4O3. The third kappa shape index (κ3) is 4.20. The van der Waals surface area contributed by atoms with Crippen molar-refractivity contribution in [1.82, 2.24) is 15.1 Å². The molecule has 1 unspecified atom stereocenters. The second kappa shape index (κ2) is 9.05. The molecule has 1 fully saturated rings. The van der Waals surface area contributed by atoms with Gasteiger partial charge >= 0.3 is 0 Å². The summed E-state index contributed by atoms with van der Waals surface area (Å²) in [5.41, 5.74) is 3.14. The summed E-state index contributed by atoms with van der Waals surface area (Å²) in [6.07, 6.45) is 3.43. The lowest BCUT2D eigenvalue weighted by Crippen LogP contribution is -2.41. The van der Waals surface area contributed by atoms with Gasteiger partial charge in [0.25, 0.3) is 11.8 Å². The summed E-state index contributed by atoms with van der Waals surface area (Å²) in [7, 11) is 0. The van der Waals surface area contributed by atoms with Crippen LogP contribution in [0, 0.1) is 5.82 Å². The van der Waals surface area contributed by atoms with Crippen LogP contribution in [0.3, 0.4) is 0 Å². The number of carbonyl (C=O) groups excluding carboxylic acids is 2. The number of aromatic nitrogens is 2. The van der Waals surface area contributed by atoms with Crippen molar-refractivity contribution in [3.05, 3.63) is 77.4 Å². The van der Waals surface area contributed by atoms with Crippen molar-refractivity contribution in [1.29, 1.82) is 0 Å². The van der Waals surface area contributed by atoms with E-state index in [0.717, 1.165) is 42.6 Å². The Morgan fingerprint density at radius 1 is 1.09 bits per heavy atom. The van der Waals surface area contributed by atoms with Crippen LogP contribution < -0.4 is 9.64 Å². The number of benzene rings is 2. The highest BCUT2D eigenvalue weighted by Crippen LogP contribution is 2.32. The smallest absolute Gasteiger partial charge is 0.278 e. The van der Waals surface area contributed by atoms with Gasteiger partial charge in [-0.05, 0) is 55.5 Å². The number of hydrogen-bond donors (Lipinski definition) is 1. The van der Waals surface area contributed by atoms with Gasteiger partial charge in [-0.3, -0.25) is 14.7 Å². The molecule has 170 valence electrons. The normalized spacial score (nSPS) is 17.7. The van der Waals surface area contributed by atoms with E-state index in [-0.39, 0.29) is 30.2 Å². The minimum absolute atomic E-state index is 0.0553. The molecule has 33 heavy (non-hydrogen) atoms. The summed E-state index contributed by atoms with van der Waals surface area (Å²) in [5.74, 6) is -0.821. The first-order valence-corrected chi connectivity index (χ1v) is 11.2. The largest absolute Gasteiger partial charge is 0.481 e. The highest BCUT2D eigenvalue weighted by molar-refractivity contribution is 6.06. The number of carbonyl (C=O) groups is 2. The molecule has 0 bridgehead atoms. The summed E-state index contributed by atoms with van der Waals surface area (Å²) in [6.45, 7) is 0.954. The van der Waals surface area contributed by atoms with Crippen molar-refractivity contribution in [2.24, 2.45) is 0 Å². The van der Waals surface area contributed by atoms with Gasteiger partial charge in [-0.2, -0.15) is 5.10 Å². The first-order chi connectivity index (χ1) is 16.1. The number of nitrogens with zero attached hydrogens (tertiary/aromatic N) is 3. The number of ether oxygens (including phenoxy) is 1. The summed E-state index contributed by atoms with van der Waals surface area (Å²) >= 11 is 0. The molecule has 5 rings (SSSR count). The molecule has 1 atom stereocenters. The Kier molecular flexibility index (Phi) is 5.81. The fourth-order valence-corrected chi connectivity index (χ4v) is 4.64. The molecule has 8 heteroatoms. The molecule has 3 heterocycles. The van der Waals surface area contributed by atoms with Gasteiger partial charge in [0, 0.05) is 18.8 Å². The lowest BCUT2D eigenvalue weighted by atomic mass is 9.99. The van der Waals surface area contributed by atoms with Crippen LogP contribution in [0.25, 0.3) is 0 Å². The first kappa shape index (κ1) is 21.2. The summed E-state index contributed by atoms with van der Waals surface area (Å²) in [6, 6.07) is 15.4. The zero-order valence-corrected chi connectivity index (χ0v) is 18.2. The summed E-state index contributed by atoms with van der Waals surface area (Å²) in [5, 5.41) is 7.25. The van der Waals surface area contributed by atoms with E-state index in [4.69, 9.17) is 4.74 Å². The maximum absolute atomic E-state index is 13.8. The van der Waals surface area contributed by atoms with Crippen molar-refractivity contribution in [2.75, 3.05) is 24.6 Å². The number of rotatable bonds is 5. The van der Waals surface area contributed by atoms with Crippen LogP contribution in [-0.2, 0) is 11.2 Å². The van der Waals surface area contributed by atoms with E-state index < -0.39 is 5.82 Å². The zero-order chi connectivity index (χ0) is 22.8. The zero-order valence-electron chi connectivity index (χ0n) is 18.2. The number of hydrogen-bond acceptors (Lipinski definition) is 4. The lowest BCUT2D eigenvalue weighted by molar-refractivity contribution is -0.137. The third-order valence-electron chi connectivity index (χ3n) is 6.32. The fraction of sp³-hybridized carbons (Fsp3) is 0.320. The van der Waals surface area contributed by atoms with E-state index in [1.807, 2.05) is 24.3 Å². The SMILES string of the molecule is O=C(c1cc(C2CCCCN2C(=O)COc2ccccc2F)[nH]n1)N1CCc2ccccc21. The van der Waals surface area contributed by atoms with Gasteiger partial charge < -0.3 is 14.5 Å². The highest BCUT2D eigenvalue weighted by Gasteiger charge is 2.32. The van der Waals surface area contributed by atoms with Gasteiger partial charge in [0.15, 0.2) is 23.9 Å². The van der Waals surface area contributed by atoms with E-state index in [9.17, 15) is 14.0 Å². The van der Waals surface area contributed by atoms with E-state index in [1.165, 1.54) is 12.1 Å². The van der Waals surface area contributed by atoms with Gasteiger partial charge in [-0.25, -0.2) is 4.39 Å². The molecule has 1 aromatic heterocycles. The van der Waals surface area contributed by atoms with Crippen LogP contribution in [0.5, 0.6) is 5.75 Å². The van der Waals surface area contributed by atoms with Crippen molar-refractivity contribution in [3.63, 3.8) is 0 Å². The molecule has 2 aromatic carbocycles. The lowest BCUT2D eigenvalue weighted by Gasteiger charge is -2.35. The first-order valence-electron chi connectivity index (χ1n) is 11.2. The molecule has 1 N–H and O–H groups in total. The second-order valence-corrected chi connectivity index (χ2v) is 8.36. The molecule has 0 radical (unpaired) electrons. The number of halogens is 1. The quantitative estimate of drug-likeness (QED) is 0.643. The standard InChI is InChI=1S/C25H25FN4O3/c26-18-8-2-4-11-23(18)33-16-24(31)29-13-6-5-10-22(29)19-15-20(28-27-19)25(32)30-14-12-17-7-1-3-9-21(17)30/h1-4,7-9,11,15,22H,5-6,10,12-14,16H2,(H,27,28). The molecule has 0 spiro atoms. The van der Waals surface area contributed by atoms with Crippen LogP contribution in [0.1, 0.15) is 47.1 Å². The Morgan fingerprint density at radius 3 is 2.79 bits per heavy atom. The minimum Gasteiger partial charge on any atom is -0.481 e. The number of anilines is 1. The predicted molar refractivity (Wildman–Crippen MR) is 121 cm³/mol. The van der Waals surface area contributed by atoms with Crippen molar-refractivity contribution in [3.8, 4) is 5.75 Å². The Labute approximate surface area is 191 Å². The number of aromatic amines is 1. The third-order valence-corrected chi connectivity index (χ3v) is 6.32. The Morgan fingerprint density at radius 2 is 1.91 bits per heavy atom. The Hall–Kier alpha value is -3.68. The number of likely N-dealkylation sites (tertiary alicyclic amines) is 1. The number of nitrogens with one attached hydrogen (secondary N) is 1. The maximum atomic E-state index is 13.8. The van der Waals surface area contributed by atoms with Gasteiger partial charge in [0.2, 0.25) is 0 Å². The molecule has 3 aromatic rings. The molecule has 2 aliphatic rings. The number of fused-ring (bicyclic) bond motifs is 1. The number of para-hydroxylation sites is 2. The van der Waals surface area contributed by atoms with Crippen LogP contribution in [0.4, 0.5) is 10.1 Å². The number of H-pyrrole nitrogens is 1. The van der Waals surface area contributed by atoms with E-state index in [2.05, 4.69) is 10.2 Å². The molecule has 2 amide bonds. The van der Waals surface area contributed by atoms with Gasteiger partial charge in [-0.1, -0.05) is 30.3 Å². The number of piperidine rings is 1. The second-order valence-electron chi connectivity index (χ2n) is 8.36. The molecular weight excluding hydrogens is 423 g/mol. The topological polar surface area (TPSA) is 78.5 Å². The molecule has 2 aliphatic heterocycles. The monoisotopic (exact) mass is 448 g/mol. The molecule has 0 saturated carbocycles. The van der Waals surface area contributed by atoms with Gasteiger partial charge in [-0.15, -0.1) is 0 Å². The fourth-order valence-electron chi connectivity index (χ4n) is 4.64. The van der Waals surface area contributed by atoms with Gasteiger partial charge in [0.05, 0.1) is 11.7 Å². The summed E-state index contributed by atoms with van der Waals surface area (Å²) < 4.78 is 19.3. The van der Waals surface area contributed by atoms with Crippen LogP contribution in [0.15, 0.2) is 54.6 Å². The van der Waals surface area contributed by atoms with Crippen molar-refractivity contribution >= 4 is 17.5 Å². The molecule has 7 nitrogen and oxygen atoms in total. The summed E-state index contributed by atoms with van der Waals surface area (Å²) in [4.78, 5) is 29.5. The molecule has 0 aliphatic carbocycles. The average molecular weight is 448 g/mol. The Bertz CT molecular complexity index is 1180. The average Bonchev–Trinajstić information content (AvgIpc) is 3.51.